The maximum absolute atomic E-state index is 9.96. The Labute approximate surface area is 86.0 Å². The van der Waals surface area contributed by atoms with E-state index in [1.54, 1.807) is 0 Å². The average molecular weight is 193 g/mol. The van der Waals surface area contributed by atoms with Crippen LogP contribution in [0.3, 0.4) is 0 Å². The summed E-state index contributed by atoms with van der Waals surface area (Å²) in [5.74, 6) is 0. The molecular formula is C12H19NO. The lowest BCUT2D eigenvalue weighted by Gasteiger charge is -2.29. The minimum atomic E-state index is -0.747. The molecule has 0 radical (unpaired) electrons. The standard InChI is InChI=1S/C12H19NO/c1-9-6-5-7-10(8-9)11(13-4)12(2,3)14/h5-8,11,13-14H,1-4H3. The molecule has 0 heterocycles. The lowest BCUT2D eigenvalue weighted by Crippen LogP contribution is -2.37. The second kappa shape index (κ2) is 4.11. The molecule has 1 atom stereocenters. The number of rotatable bonds is 3. The molecule has 1 aromatic rings. The molecule has 2 nitrogen and oxygen atoms in total. The Balaban J connectivity index is 3.01. The first kappa shape index (κ1) is 11.2. The van der Waals surface area contributed by atoms with Crippen LogP contribution in [0.1, 0.15) is 31.0 Å². The first-order valence-electron chi connectivity index (χ1n) is 4.91. The van der Waals surface area contributed by atoms with E-state index in [2.05, 4.69) is 24.4 Å². The minimum Gasteiger partial charge on any atom is -0.388 e. The molecule has 14 heavy (non-hydrogen) atoms. The molecule has 0 aliphatic rings. The summed E-state index contributed by atoms with van der Waals surface area (Å²) in [5.41, 5.74) is 1.59. The van der Waals surface area contributed by atoms with Gasteiger partial charge in [-0.3, -0.25) is 0 Å². The predicted octanol–water partition coefficient (Wildman–Crippen LogP) is 2.03. The summed E-state index contributed by atoms with van der Waals surface area (Å²) >= 11 is 0. The van der Waals surface area contributed by atoms with Crippen LogP contribution in [-0.4, -0.2) is 17.8 Å². The Kier molecular flexibility index (Phi) is 3.29. The topological polar surface area (TPSA) is 32.3 Å². The fourth-order valence-corrected chi connectivity index (χ4v) is 1.78. The second-order valence-corrected chi connectivity index (χ2v) is 4.29. The van der Waals surface area contributed by atoms with E-state index in [1.807, 2.05) is 33.0 Å². The van der Waals surface area contributed by atoms with Crippen LogP contribution < -0.4 is 5.32 Å². The van der Waals surface area contributed by atoms with E-state index >= 15 is 0 Å². The largest absolute Gasteiger partial charge is 0.388 e. The number of nitrogens with one attached hydrogen (secondary N) is 1. The molecule has 2 heteroatoms. The van der Waals surface area contributed by atoms with Gasteiger partial charge in [0.05, 0.1) is 11.6 Å². The summed E-state index contributed by atoms with van der Waals surface area (Å²) in [6.07, 6.45) is 0. The smallest absolute Gasteiger partial charge is 0.0785 e. The van der Waals surface area contributed by atoms with Crippen molar-refractivity contribution in [2.75, 3.05) is 7.05 Å². The van der Waals surface area contributed by atoms with Crippen molar-refractivity contribution < 1.29 is 5.11 Å². The van der Waals surface area contributed by atoms with E-state index in [0.717, 1.165) is 5.56 Å². The zero-order valence-electron chi connectivity index (χ0n) is 9.33. The third kappa shape index (κ3) is 2.56. The van der Waals surface area contributed by atoms with Gasteiger partial charge in [0.1, 0.15) is 0 Å². The molecule has 1 aromatic carbocycles. The van der Waals surface area contributed by atoms with Gasteiger partial charge in [-0.1, -0.05) is 29.8 Å². The monoisotopic (exact) mass is 193 g/mol. The van der Waals surface area contributed by atoms with Crippen molar-refractivity contribution in [3.63, 3.8) is 0 Å². The lowest BCUT2D eigenvalue weighted by molar-refractivity contribution is 0.0400. The number of benzene rings is 1. The van der Waals surface area contributed by atoms with Crippen LogP contribution in [0, 0.1) is 6.92 Å². The van der Waals surface area contributed by atoms with Crippen LogP contribution in [0.25, 0.3) is 0 Å². The Morgan fingerprint density at radius 3 is 2.43 bits per heavy atom. The van der Waals surface area contributed by atoms with Crippen molar-refractivity contribution in [2.24, 2.45) is 0 Å². The highest BCUT2D eigenvalue weighted by molar-refractivity contribution is 5.26. The Bertz CT molecular complexity index is 301. The van der Waals surface area contributed by atoms with Crippen molar-refractivity contribution in [1.29, 1.82) is 0 Å². The summed E-state index contributed by atoms with van der Waals surface area (Å²) in [6.45, 7) is 5.69. The first-order chi connectivity index (χ1) is 6.45. The molecule has 0 spiro atoms. The van der Waals surface area contributed by atoms with Crippen molar-refractivity contribution in [3.05, 3.63) is 35.4 Å². The van der Waals surface area contributed by atoms with Gasteiger partial charge in [0.25, 0.3) is 0 Å². The summed E-state index contributed by atoms with van der Waals surface area (Å²) in [5, 5.41) is 13.1. The van der Waals surface area contributed by atoms with Gasteiger partial charge < -0.3 is 10.4 Å². The van der Waals surface area contributed by atoms with Gasteiger partial charge in [-0.2, -0.15) is 0 Å². The van der Waals surface area contributed by atoms with Gasteiger partial charge in [0.2, 0.25) is 0 Å². The van der Waals surface area contributed by atoms with Gasteiger partial charge in [-0.05, 0) is 33.4 Å². The van der Waals surface area contributed by atoms with E-state index in [0.29, 0.717) is 0 Å². The van der Waals surface area contributed by atoms with Crippen molar-refractivity contribution in [1.82, 2.24) is 5.32 Å². The fraction of sp³-hybridized carbons (Fsp3) is 0.500. The first-order valence-corrected chi connectivity index (χ1v) is 4.91. The summed E-state index contributed by atoms with van der Waals surface area (Å²) < 4.78 is 0. The number of aryl methyl sites for hydroxylation is 1. The van der Waals surface area contributed by atoms with E-state index in [-0.39, 0.29) is 6.04 Å². The number of hydrogen-bond donors (Lipinski definition) is 2. The number of aliphatic hydroxyl groups is 1. The summed E-state index contributed by atoms with van der Waals surface area (Å²) in [4.78, 5) is 0. The molecule has 2 N–H and O–H groups in total. The van der Waals surface area contributed by atoms with Crippen molar-refractivity contribution >= 4 is 0 Å². The summed E-state index contributed by atoms with van der Waals surface area (Å²) in [7, 11) is 1.87. The highest BCUT2D eigenvalue weighted by atomic mass is 16.3. The van der Waals surface area contributed by atoms with E-state index in [1.165, 1.54) is 5.56 Å². The molecule has 1 unspecified atom stereocenters. The molecule has 0 saturated carbocycles. The molecular weight excluding hydrogens is 174 g/mol. The highest BCUT2D eigenvalue weighted by Gasteiger charge is 2.26. The van der Waals surface area contributed by atoms with Crippen LogP contribution in [0.5, 0.6) is 0 Å². The predicted molar refractivity (Wildman–Crippen MR) is 59.3 cm³/mol. The maximum atomic E-state index is 9.96. The molecule has 0 amide bonds. The molecule has 0 aliphatic carbocycles. The van der Waals surface area contributed by atoms with Crippen LogP contribution in [-0.2, 0) is 0 Å². The molecule has 0 fully saturated rings. The lowest BCUT2D eigenvalue weighted by atomic mass is 9.91. The number of likely N-dealkylation sites (N-methyl/N-ethyl adjacent to an activating group) is 1. The van der Waals surface area contributed by atoms with Crippen LogP contribution in [0.4, 0.5) is 0 Å². The van der Waals surface area contributed by atoms with E-state index in [9.17, 15) is 5.11 Å². The highest BCUT2D eigenvalue weighted by Crippen LogP contribution is 2.25. The molecule has 0 bridgehead atoms. The second-order valence-electron chi connectivity index (χ2n) is 4.29. The SMILES string of the molecule is CNC(c1cccc(C)c1)C(C)(C)O. The quantitative estimate of drug-likeness (QED) is 0.770. The normalized spacial score (nSPS) is 14.1. The van der Waals surface area contributed by atoms with Gasteiger partial charge in [0, 0.05) is 0 Å². The van der Waals surface area contributed by atoms with Gasteiger partial charge in [-0.15, -0.1) is 0 Å². The van der Waals surface area contributed by atoms with Gasteiger partial charge >= 0.3 is 0 Å². The number of hydrogen-bond acceptors (Lipinski definition) is 2. The van der Waals surface area contributed by atoms with Crippen LogP contribution in [0.15, 0.2) is 24.3 Å². The zero-order chi connectivity index (χ0) is 10.8. The van der Waals surface area contributed by atoms with E-state index < -0.39 is 5.60 Å². The van der Waals surface area contributed by atoms with Crippen LogP contribution in [0.2, 0.25) is 0 Å². The Morgan fingerprint density at radius 1 is 1.36 bits per heavy atom. The molecule has 78 valence electrons. The van der Waals surface area contributed by atoms with Crippen molar-refractivity contribution in [3.8, 4) is 0 Å². The fourth-order valence-electron chi connectivity index (χ4n) is 1.78. The maximum Gasteiger partial charge on any atom is 0.0785 e. The third-order valence-electron chi connectivity index (χ3n) is 2.37. The molecule has 0 saturated heterocycles. The van der Waals surface area contributed by atoms with Crippen LogP contribution >= 0.6 is 0 Å². The molecule has 0 aromatic heterocycles. The Hall–Kier alpha value is -0.860. The molecule has 1 rings (SSSR count). The third-order valence-corrected chi connectivity index (χ3v) is 2.37. The van der Waals surface area contributed by atoms with Gasteiger partial charge in [0.15, 0.2) is 0 Å². The molecule has 0 aliphatic heterocycles. The zero-order valence-corrected chi connectivity index (χ0v) is 9.33. The van der Waals surface area contributed by atoms with Gasteiger partial charge in [-0.25, -0.2) is 0 Å². The van der Waals surface area contributed by atoms with E-state index in [4.69, 9.17) is 0 Å². The minimum absolute atomic E-state index is 0.0256. The average Bonchev–Trinajstić information content (AvgIpc) is 2.02. The summed E-state index contributed by atoms with van der Waals surface area (Å²) in [6, 6.07) is 8.18. The Morgan fingerprint density at radius 2 is 2.00 bits per heavy atom. The van der Waals surface area contributed by atoms with Crippen molar-refractivity contribution in [2.45, 2.75) is 32.4 Å².